The van der Waals surface area contributed by atoms with Crippen LogP contribution in [0.2, 0.25) is 0 Å². The Kier molecular flexibility index (Phi) is 7.94. The molecule has 0 unspecified atom stereocenters. The number of aliphatic hydroxyl groups excluding tert-OH is 1. The zero-order valence-corrected chi connectivity index (χ0v) is 26.1. The summed E-state index contributed by atoms with van der Waals surface area (Å²) >= 11 is 1.27. The van der Waals surface area contributed by atoms with Crippen LogP contribution in [0.4, 0.5) is 5.13 Å². The summed E-state index contributed by atoms with van der Waals surface area (Å²) in [7, 11) is 3.12. The highest BCUT2D eigenvalue weighted by Crippen LogP contribution is 2.46. The number of hydrogen-bond donors (Lipinski definition) is 1. The van der Waals surface area contributed by atoms with Crippen LogP contribution in [0, 0.1) is 5.92 Å². The Bertz CT molecular complexity index is 1790. The summed E-state index contributed by atoms with van der Waals surface area (Å²) in [6.07, 6.45) is 1.57. The first kappa shape index (κ1) is 29.5. The van der Waals surface area contributed by atoms with E-state index in [0.29, 0.717) is 58.0 Å². The van der Waals surface area contributed by atoms with Gasteiger partial charge in [0.05, 0.1) is 42.7 Å². The summed E-state index contributed by atoms with van der Waals surface area (Å²) < 4.78 is 23.7. The standard InChI is InChI=1S/C34H34N2O7S/c1-18(2)12-13-42-26-11-6-20(16-27(26)41-5)30-29(31(37)21-7-10-25-22(15-21)14-19(3)43-25)32(38)33(39)36(30)34-35-24-9-8-23(40-4)17-28(24)44-34/h6-11,15-19,30,37H,12-14H2,1-5H3/t19-,30+/m0/s1. The Morgan fingerprint density at radius 3 is 2.64 bits per heavy atom. The van der Waals surface area contributed by atoms with Crippen LogP contribution in [0.5, 0.6) is 23.0 Å². The van der Waals surface area contributed by atoms with E-state index >= 15 is 0 Å². The van der Waals surface area contributed by atoms with Crippen molar-refractivity contribution >= 4 is 44.1 Å². The van der Waals surface area contributed by atoms with Crippen LogP contribution >= 0.6 is 11.3 Å². The maximum absolute atomic E-state index is 13.8. The molecule has 3 heterocycles. The molecule has 9 nitrogen and oxygen atoms in total. The highest BCUT2D eigenvalue weighted by Gasteiger charge is 2.48. The average molecular weight is 615 g/mol. The molecular formula is C34H34N2O7S. The lowest BCUT2D eigenvalue weighted by atomic mass is 9.94. The zero-order valence-electron chi connectivity index (χ0n) is 25.2. The number of ether oxygens (including phenoxy) is 4. The van der Waals surface area contributed by atoms with Crippen molar-refractivity contribution in [3.63, 3.8) is 0 Å². The molecule has 1 N–H and O–H groups in total. The number of carbonyl (C=O) groups excluding carboxylic acids is 2. The second kappa shape index (κ2) is 11.8. The van der Waals surface area contributed by atoms with Gasteiger partial charge in [0.15, 0.2) is 16.6 Å². The van der Waals surface area contributed by atoms with Crippen LogP contribution < -0.4 is 23.8 Å². The number of methoxy groups -OCH3 is 2. The predicted octanol–water partition coefficient (Wildman–Crippen LogP) is 6.69. The van der Waals surface area contributed by atoms with E-state index in [4.69, 9.17) is 23.9 Å². The number of hydrogen-bond acceptors (Lipinski definition) is 9. The molecule has 10 heteroatoms. The van der Waals surface area contributed by atoms with Crippen molar-refractivity contribution in [2.45, 2.75) is 45.8 Å². The fourth-order valence-electron chi connectivity index (χ4n) is 5.57. The molecule has 228 valence electrons. The van der Waals surface area contributed by atoms with Gasteiger partial charge in [0.25, 0.3) is 5.78 Å². The van der Waals surface area contributed by atoms with Gasteiger partial charge >= 0.3 is 5.91 Å². The van der Waals surface area contributed by atoms with E-state index in [-0.39, 0.29) is 17.4 Å². The van der Waals surface area contributed by atoms with Crippen molar-refractivity contribution in [1.82, 2.24) is 4.98 Å². The molecule has 2 aliphatic rings. The SMILES string of the molecule is COc1ccc2nc(N3C(=O)C(=O)C(=C(O)c4ccc5c(c4)C[C@H](C)O5)[C@H]3c3ccc(OCCC(C)C)c(OC)c3)sc2c1. The molecular weight excluding hydrogens is 580 g/mol. The van der Waals surface area contributed by atoms with E-state index in [1.54, 1.807) is 56.7 Å². The van der Waals surface area contributed by atoms with Gasteiger partial charge in [0, 0.05) is 12.0 Å². The van der Waals surface area contributed by atoms with Crippen molar-refractivity contribution in [3.05, 3.63) is 76.9 Å². The summed E-state index contributed by atoms with van der Waals surface area (Å²) in [6.45, 7) is 6.74. The van der Waals surface area contributed by atoms with Crippen molar-refractivity contribution in [2.75, 3.05) is 25.7 Å². The van der Waals surface area contributed by atoms with Gasteiger partial charge in [-0.15, -0.1) is 0 Å². The van der Waals surface area contributed by atoms with Crippen LogP contribution in [0.3, 0.4) is 0 Å². The zero-order chi connectivity index (χ0) is 31.1. The minimum atomic E-state index is -0.973. The van der Waals surface area contributed by atoms with Crippen molar-refractivity contribution in [1.29, 1.82) is 0 Å². The predicted molar refractivity (Wildman–Crippen MR) is 169 cm³/mol. The Morgan fingerprint density at radius 1 is 1.07 bits per heavy atom. The third-order valence-electron chi connectivity index (χ3n) is 7.86. The normalized spacial score (nSPS) is 19.0. The van der Waals surface area contributed by atoms with E-state index < -0.39 is 17.7 Å². The molecule has 0 bridgehead atoms. The topological polar surface area (TPSA) is 107 Å². The minimum Gasteiger partial charge on any atom is -0.507 e. The number of aliphatic hydroxyl groups is 1. The van der Waals surface area contributed by atoms with E-state index in [9.17, 15) is 14.7 Å². The van der Waals surface area contributed by atoms with Crippen molar-refractivity contribution in [3.8, 4) is 23.0 Å². The molecule has 1 amide bonds. The Balaban J connectivity index is 1.49. The van der Waals surface area contributed by atoms with Crippen LogP contribution in [-0.2, 0) is 16.0 Å². The van der Waals surface area contributed by atoms with E-state index in [1.807, 2.05) is 19.1 Å². The maximum Gasteiger partial charge on any atom is 0.301 e. The molecule has 44 heavy (non-hydrogen) atoms. The number of thiazole rings is 1. The van der Waals surface area contributed by atoms with Gasteiger partial charge in [-0.05, 0) is 78.9 Å². The Morgan fingerprint density at radius 2 is 1.89 bits per heavy atom. The number of fused-ring (bicyclic) bond motifs is 2. The molecule has 2 atom stereocenters. The van der Waals surface area contributed by atoms with Crippen LogP contribution in [0.1, 0.15) is 49.9 Å². The fraction of sp³-hybridized carbons (Fsp3) is 0.324. The molecule has 0 radical (unpaired) electrons. The molecule has 3 aromatic carbocycles. The van der Waals surface area contributed by atoms with Crippen molar-refractivity contribution < 1.29 is 33.6 Å². The highest BCUT2D eigenvalue weighted by atomic mass is 32.1. The van der Waals surface area contributed by atoms with E-state index in [2.05, 4.69) is 13.8 Å². The van der Waals surface area contributed by atoms with Gasteiger partial charge in [-0.25, -0.2) is 4.98 Å². The average Bonchev–Trinajstić information content (AvgIpc) is 3.68. The number of anilines is 1. The van der Waals surface area contributed by atoms with Gasteiger partial charge in [-0.3, -0.25) is 14.5 Å². The molecule has 1 saturated heterocycles. The summed E-state index contributed by atoms with van der Waals surface area (Å²) in [6, 6.07) is 15.1. The molecule has 0 aliphatic carbocycles. The molecule has 1 fully saturated rings. The summed E-state index contributed by atoms with van der Waals surface area (Å²) in [5.41, 5.74) is 2.55. The number of Topliss-reactive ketones (excluding diaryl/α,β-unsaturated/α-hetero) is 1. The number of aromatic nitrogens is 1. The Hall–Kier alpha value is -4.57. The van der Waals surface area contributed by atoms with Crippen LogP contribution in [0.15, 0.2) is 60.2 Å². The number of ketones is 1. The van der Waals surface area contributed by atoms with Crippen LogP contribution in [-0.4, -0.2) is 48.7 Å². The summed E-state index contributed by atoms with van der Waals surface area (Å²) in [5, 5.41) is 12.0. The lowest BCUT2D eigenvalue weighted by Gasteiger charge is -2.24. The second-order valence-corrected chi connectivity index (χ2v) is 12.4. The monoisotopic (exact) mass is 614 g/mol. The number of amides is 1. The number of rotatable bonds is 9. The Labute approximate surface area is 259 Å². The van der Waals surface area contributed by atoms with E-state index in [1.165, 1.54) is 16.2 Å². The van der Waals surface area contributed by atoms with Gasteiger partial charge in [0.1, 0.15) is 23.4 Å². The fourth-order valence-corrected chi connectivity index (χ4v) is 6.59. The van der Waals surface area contributed by atoms with Gasteiger partial charge in [0.2, 0.25) is 0 Å². The first-order valence-corrected chi connectivity index (χ1v) is 15.4. The number of nitrogens with zero attached hydrogens (tertiary/aromatic N) is 2. The smallest absolute Gasteiger partial charge is 0.301 e. The van der Waals surface area contributed by atoms with Gasteiger partial charge in [-0.1, -0.05) is 31.3 Å². The first-order chi connectivity index (χ1) is 21.2. The summed E-state index contributed by atoms with van der Waals surface area (Å²) in [5.74, 6) is 1.03. The molecule has 1 aromatic heterocycles. The van der Waals surface area contributed by atoms with Gasteiger partial charge < -0.3 is 24.1 Å². The molecule has 4 aromatic rings. The highest BCUT2D eigenvalue weighted by molar-refractivity contribution is 7.22. The lowest BCUT2D eigenvalue weighted by molar-refractivity contribution is -0.132. The first-order valence-electron chi connectivity index (χ1n) is 14.5. The summed E-state index contributed by atoms with van der Waals surface area (Å²) in [4.78, 5) is 33.6. The van der Waals surface area contributed by atoms with Crippen molar-refractivity contribution in [2.24, 2.45) is 5.92 Å². The third-order valence-corrected chi connectivity index (χ3v) is 8.88. The minimum absolute atomic E-state index is 0.0133. The second-order valence-electron chi connectivity index (χ2n) is 11.4. The third kappa shape index (κ3) is 5.34. The molecule has 0 saturated carbocycles. The van der Waals surface area contributed by atoms with E-state index in [0.717, 1.165) is 22.4 Å². The number of benzene rings is 3. The molecule has 2 aliphatic heterocycles. The van der Waals surface area contributed by atoms with Gasteiger partial charge in [-0.2, -0.15) is 0 Å². The molecule has 6 rings (SSSR count). The lowest BCUT2D eigenvalue weighted by Crippen LogP contribution is -2.29. The maximum atomic E-state index is 13.8. The molecule has 0 spiro atoms. The largest absolute Gasteiger partial charge is 0.507 e. The van der Waals surface area contributed by atoms with Crippen LogP contribution in [0.25, 0.3) is 16.0 Å². The quantitative estimate of drug-likeness (QED) is 0.126. The number of carbonyl (C=O) groups is 2.